The predicted molar refractivity (Wildman–Crippen MR) is 95.2 cm³/mol. The van der Waals surface area contributed by atoms with Gasteiger partial charge < -0.3 is 20.1 Å². The van der Waals surface area contributed by atoms with Crippen LogP contribution in [0, 0.1) is 17.8 Å². The molecule has 1 amide bonds. The van der Waals surface area contributed by atoms with E-state index in [1.54, 1.807) is 6.07 Å². The fraction of sp³-hybridized carbons (Fsp3) is 0.650. The highest BCUT2D eigenvalue weighted by Gasteiger charge is 2.53. The zero-order valence-electron chi connectivity index (χ0n) is 14.9. The molecule has 2 bridgehead atoms. The number of benzene rings is 1. The van der Waals surface area contributed by atoms with Crippen molar-refractivity contribution in [3.63, 3.8) is 0 Å². The molecule has 2 N–H and O–H groups in total. The maximum atomic E-state index is 11.6. The molecule has 4 rings (SSSR count). The van der Waals surface area contributed by atoms with Crippen molar-refractivity contribution in [2.24, 2.45) is 23.5 Å². The Bertz CT molecular complexity index is 630. The zero-order valence-corrected chi connectivity index (χ0v) is 14.9. The molecule has 5 nitrogen and oxygen atoms in total. The van der Waals surface area contributed by atoms with E-state index in [4.69, 9.17) is 15.2 Å². The summed E-state index contributed by atoms with van der Waals surface area (Å²) in [7, 11) is 1.83. The lowest BCUT2D eigenvalue weighted by atomic mass is 9.62. The summed E-state index contributed by atoms with van der Waals surface area (Å²) in [5, 5.41) is 0. The van der Waals surface area contributed by atoms with Gasteiger partial charge in [-0.1, -0.05) is 18.6 Å². The van der Waals surface area contributed by atoms with Crippen molar-refractivity contribution in [3.8, 4) is 0 Å². The molecule has 136 valence electrons. The van der Waals surface area contributed by atoms with Gasteiger partial charge in [0.1, 0.15) is 5.60 Å². The van der Waals surface area contributed by atoms with E-state index in [0.29, 0.717) is 23.3 Å². The fourth-order valence-corrected chi connectivity index (χ4v) is 5.27. The van der Waals surface area contributed by atoms with Crippen molar-refractivity contribution >= 4 is 5.91 Å². The molecule has 2 saturated heterocycles. The first kappa shape index (κ1) is 17.0. The summed E-state index contributed by atoms with van der Waals surface area (Å²) in [5.41, 5.74) is 6.90. The van der Waals surface area contributed by atoms with Crippen molar-refractivity contribution < 1.29 is 14.3 Å². The fourth-order valence-electron chi connectivity index (χ4n) is 5.27. The standard InChI is InChI=1S/C20H28N2O3/c1-24-20(16-5-2-4-15(8-16)19(21)23)17-6-3-7-18(20)11-22(10-17)9-14-12-25-13-14/h2,4-5,8,14,17-18H,3,6-7,9-13H2,1H3,(H2,21,23)/t17-,18+,20-. The van der Waals surface area contributed by atoms with Gasteiger partial charge in [0.05, 0.1) is 13.2 Å². The van der Waals surface area contributed by atoms with Crippen LogP contribution in [0.2, 0.25) is 0 Å². The van der Waals surface area contributed by atoms with E-state index in [9.17, 15) is 4.79 Å². The van der Waals surface area contributed by atoms with Gasteiger partial charge in [-0.05, 0) is 30.5 Å². The van der Waals surface area contributed by atoms with Gasteiger partial charge >= 0.3 is 0 Å². The lowest BCUT2D eigenvalue weighted by molar-refractivity contribution is -0.174. The third-order valence-corrected chi connectivity index (χ3v) is 6.43. The predicted octanol–water partition coefficient (Wildman–Crippen LogP) is 2.01. The Labute approximate surface area is 149 Å². The van der Waals surface area contributed by atoms with Gasteiger partial charge in [-0.25, -0.2) is 0 Å². The van der Waals surface area contributed by atoms with Crippen molar-refractivity contribution in [2.75, 3.05) is 40.0 Å². The number of nitrogens with two attached hydrogens (primary N) is 1. The Balaban J connectivity index is 1.64. The normalized spacial score (nSPS) is 33.0. The molecule has 3 fully saturated rings. The Morgan fingerprint density at radius 3 is 2.60 bits per heavy atom. The van der Waals surface area contributed by atoms with Crippen LogP contribution in [0.4, 0.5) is 0 Å². The molecule has 1 saturated carbocycles. The van der Waals surface area contributed by atoms with E-state index in [2.05, 4.69) is 11.0 Å². The first-order chi connectivity index (χ1) is 12.1. The third kappa shape index (κ3) is 2.88. The molecule has 1 aromatic rings. The van der Waals surface area contributed by atoms with Crippen molar-refractivity contribution in [1.29, 1.82) is 0 Å². The Morgan fingerprint density at radius 1 is 1.32 bits per heavy atom. The van der Waals surface area contributed by atoms with Crippen molar-refractivity contribution in [1.82, 2.24) is 4.90 Å². The van der Waals surface area contributed by atoms with Crippen LogP contribution in [0.3, 0.4) is 0 Å². The second kappa shape index (κ2) is 6.71. The van der Waals surface area contributed by atoms with E-state index < -0.39 is 0 Å². The highest BCUT2D eigenvalue weighted by Crippen LogP contribution is 2.51. The zero-order chi connectivity index (χ0) is 17.4. The highest BCUT2D eigenvalue weighted by atomic mass is 16.5. The van der Waals surface area contributed by atoms with Gasteiger partial charge in [0.15, 0.2) is 0 Å². The average Bonchev–Trinajstić information content (AvgIpc) is 2.57. The van der Waals surface area contributed by atoms with E-state index >= 15 is 0 Å². The number of carbonyl (C=O) groups is 1. The number of primary amides is 1. The van der Waals surface area contributed by atoms with Crippen LogP contribution in [0.25, 0.3) is 0 Å². The number of nitrogens with zero attached hydrogens (tertiary/aromatic N) is 1. The minimum absolute atomic E-state index is 0.295. The van der Waals surface area contributed by atoms with Gasteiger partial charge in [0, 0.05) is 50.1 Å². The van der Waals surface area contributed by atoms with E-state index in [1.807, 2.05) is 19.2 Å². The van der Waals surface area contributed by atoms with E-state index in [0.717, 1.165) is 38.4 Å². The largest absolute Gasteiger partial charge is 0.381 e. The second-order valence-corrected chi connectivity index (χ2v) is 7.89. The topological polar surface area (TPSA) is 64.8 Å². The number of amides is 1. The molecule has 3 atom stereocenters. The lowest BCUT2D eigenvalue weighted by Crippen LogP contribution is -2.60. The Hall–Kier alpha value is -1.43. The summed E-state index contributed by atoms with van der Waals surface area (Å²) >= 11 is 0. The van der Waals surface area contributed by atoms with Crippen LogP contribution >= 0.6 is 0 Å². The number of likely N-dealkylation sites (tertiary alicyclic amines) is 1. The van der Waals surface area contributed by atoms with Crippen LogP contribution < -0.4 is 5.73 Å². The number of methoxy groups -OCH3 is 1. The molecular formula is C20H28N2O3. The van der Waals surface area contributed by atoms with Gasteiger partial charge in [0.2, 0.25) is 5.91 Å². The van der Waals surface area contributed by atoms with Gasteiger partial charge in [-0.3, -0.25) is 4.79 Å². The van der Waals surface area contributed by atoms with E-state index in [1.165, 1.54) is 19.3 Å². The Kier molecular flexibility index (Phi) is 4.56. The number of ether oxygens (including phenoxy) is 2. The summed E-state index contributed by atoms with van der Waals surface area (Å²) < 4.78 is 11.6. The molecule has 1 aliphatic carbocycles. The van der Waals surface area contributed by atoms with Crippen LogP contribution in [0.1, 0.15) is 35.2 Å². The third-order valence-electron chi connectivity index (χ3n) is 6.43. The molecule has 2 heterocycles. The van der Waals surface area contributed by atoms with Crippen molar-refractivity contribution in [3.05, 3.63) is 35.4 Å². The lowest BCUT2D eigenvalue weighted by Gasteiger charge is -2.56. The molecular weight excluding hydrogens is 316 g/mol. The van der Waals surface area contributed by atoms with Gasteiger partial charge in [-0.15, -0.1) is 0 Å². The summed E-state index contributed by atoms with van der Waals surface area (Å²) in [6, 6.07) is 7.78. The maximum absolute atomic E-state index is 11.6. The number of rotatable bonds is 5. The minimum atomic E-state index is -0.374. The number of hydrogen-bond donors (Lipinski definition) is 1. The maximum Gasteiger partial charge on any atom is 0.248 e. The molecule has 0 aromatic heterocycles. The first-order valence-corrected chi connectivity index (χ1v) is 9.39. The second-order valence-electron chi connectivity index (χ2n) is 7.89. The van der Waals surface area contributed by atoms with Crippen LogP contribution in [-0.4, -0.2) is 50.8 Å². The van der Waals surface area contributed by atoms with Crippen LogP contribution in [0.5, 0.6) is 0 Å². The smallest absolute Gasteiger partial charge is 0.248 e. The minimum Gasteiger partial charge on any atom is -0.381 e. The molecule has 0 spiro atoms. The van der Waals surface area contributed by atoms with Crippen molar-refractivity contribution in [2.45, 2.75) is 24.9 Å². The number of fused-ring (bicyclic) bond motifs is 2. The number of hydrogen-bond acceptors (Lipinski definition) is 4. The highest BCUT2D eigenvalue weighted by molar-refractivity contribution is 5.92. The molecule has 2 aliphatic heterocycles. The van der Waals surface area contributed by atoms with Crippen LogP contribution in [-0.2, 0) is 15.1 Å². The number of carbonyl (C=O) groups excluding carboxylic acids is 1. The summed E-state index contributed by atoms with van der Waals surface area (Å²) in [5.74, 6) is 1.22. The summed E-state index contributed by atoms with van der Waals surface area (Å²) in [6.07, 6.45) is 3.60. The molecule has 5 heteroatoms. The Morgan fingerprint density at radius 2 is 2.04 bits per heavy atom. The SMILES string of the molecule is CO[C@]1(c2cccc(C(N)=O)c2)[C@@H]2CCC[C@H]1CN(CC1COC1)C2. The number of piperidine rings is 1. The quantitative estimate of drug-likeness (QED) is 0.887. The first-order valence-electron chi connectivity index (χ1n) is 9.39. The molecule has 0 unspecified atom stereocenters. The molecule has 3 aliphatic rings. The average molecular weight is 344 g/mol. The summed E-state index contributed by atoms with van der Waals surface area (Å²) in [4.78, 5) is 14.3. The monoisotopic (exact) mass is 344 g/mol. The van der Waals surface area contributed by atoms with Gasteiger partial charge in [0.25, 0.3) is 0 Å². The molecule has 25 heavy (non-hydrogen) atoms. The van der Waals surface area contributed by atoms with Crippen LogP contribution in [0.15, 0.2) is 24.3 Å². The van der Waals surface area contributed by atoms with E-state index in [-0.39, 0.29) is 11.5 Å². The molecule has 0 radical (unpaired) electrons. The van der Waals surface area contributed by atoms with Gasteiger partial charge in [-0.2, -0.15) is 0 Å². The summed E-state index contributed by atoms with van der Waals surface area (Å²) in [6.45, 7) is 5.06. The molecule has 1 aromatic carbocycles.